The van der Waals surface area contributed by atoms with Gasteiger partial charge in [-0.15, -0.1) is 0 Å². The molecule has 1 aromatic rings. The number of rotatable bonds is 3. The molecule has 0 aliphatic carbocycles. The second kappa shape index (κ2) is 5.21. The van der Waals surface area contributed by atoms with Gasteiger partial charge in [-0.05, 0) is 12.2 Å². The molecule has 0 nitrogen and oxygen atoms in total. The minimum absolute atomic E-state index is 0.181. The SMILES string of the molecule is Fc1cc(F)c(F)c(C=CCCS)c1F. The van der Waals surface area contributed by atoms with Gasteiger partial charge in [-0.2, -0.15) is 12.6 Å². The Hall–Kier alpha value is -0.970. The Bertz CT molecular complexity index is 361. The second-order valence-corrected chi connectivity index (χ2v) is 3.24. The Morgan fingerprint density at radius 1 is 1.07 bits per heavy atom. The van der Waals surface area contributed by atoms with E-state index >= 15 is 0 Å². The number of hydrogen-bond acceptors (Lipinski definition) is 1. The summed E-state index contributed by atoms with van der Waals surface area (Å²) < 4.78 is 51.4. The summed E-state index contributed by atoms with van der Waals surface area (Å²) in [4.78, 5) is 0. The Labute approximate surface area is 90.0 Å². The van der Waals surface area contributed by atoms with Crippen molar-refractivity contribution in [2.75, 3.05) is 5.75 Å². The summed E-state index contributed by atoms with van der Waals surface area (Å²) in [6.45, 7) is 0. The molecule has 5 heteroatoms. The van der Waals surface area contributed by atoms with Crippen molar-refractivity contribution >= 4 is 18.7 Å². The van der Waals surface area contributed by atoms with Crippen molar-refractivity contribution in [2.45, 2.75) is 6.42 Å². The fraction of sp³-hybridized carbons (Fsp3) is 0.200. The van der Waals surface area contributed by atoms with E-state index in [1.54, 1.807) is 0 Å². The van der Waals surface area contributed by atoms with Crippen molar-refractivity contribution in [3.63, 3.8) is 0 Å². The third-order valence-corrected chi connectivity index (χ3v) is 1.98. The van der Waals surface area contributed by atoms with Gasteiger partial charge in [0.25, 0.3) is 0 Å². The quantitative estimate of drug-likeness (QED) is 0.463. The average molecular weight is 236 g/mol. The summed E-state index contributed by atoms with van der Waals surface area (Å²) in [6.07, 6.45) is 2.86. The maximum atomic E-state index is 13.0. The van der Waals surface area contributed by atoms with Crippen molar-refractivity contribution in [3.8, 4) is 0 Å². The molecule has 0 spiro atoms. The topological polar surface area (TPSA) is 0 Å². The smallest absolute Gasteiger partial charge is 0.169 e. The first-order valence-corrected chi connectivity index (χ1v) is 4.81. The van der Waals surface area contributed by atoms with Crippen LogP contribution in [0.1, 0.15) is 12.0 Å². The van der Waals surface area contributed by atoms with Gasteiger partial charge in [0.1, 0.15) is 0 Å². The van der Waals surface area contributed by atoms with Crippen LogP contribution in [0.25, 0.3) is 6.08 Å². The van der Waals surface area contributed by atoms with Gasteiger partial charge in [-0.3, -0.25) is 0 Å². The lowest BCUT2D eigenvalue weighted by Gasteiger charge is -2.01. The molecule has 0 atom stereocenters. The van der Waals surface area contributed by atoms with E-state index < -0.39 is 28.8 Å². The molecular formula is C10H8F4S. The van der Waals surface area contributed by atoms with Crippen LogP contribution in [-0.4, -0.2) is 5.75 Å². The third-order valence-electron chi connectivity index (χ3n) is 1.73. The summed E-state index contributed by atoms with van der Waals surface area (Å²) in [6, 6.07) is 0.181. The van der Waals surface area contributed by atoms with E-state index in [2.05, 4.69) is 12.6 Å². The zero-order valence-corrected chi connectivity index (χ0v) is 8.50. The third kappa shape index (κ3) is 2.75. The predicted molar refractivity (Wildman–Crippen MR) is 53.8 cm³/mol. The molecule has 0 unspecified atom stereocenters. The van der Waals surface area contributed by atoms with E-state index in [0.717, 1.165) is 6.08 Å². The first-order valence-electron chi connectivity index (χ1n) is 4.18. The van der Waals surface area contributed by atoms with Crippen LogP contribution in [0.4, 0.5) is 17.6 Å². The van der Waals surface area contributed by atoms with Crippen molar-refractivity contribution in [3.05, 3.63) is 41.0 Å². The lowest BCUT2D eigenvalue weighted by molar-refractivity contribution is 0.451. The summed E-state index contributed by atoms with van der Waals surface area (Å²) in [5.74, 6) is -5.09. The fourth-order valence-electron chi connectivity index (χ4n) is 1.01. The predicted octanol–water partition coefficient (Wildman–Crippen LogP) is 3.58. The first-order chi connectivity index (χ1) is 7.07. The van der Waals surface area contributed by atoms with E-state index in [0.29, 0.717) is 12.2 Å². The summed E-state index contributed by atoms with van der Waals surface area (Å²) in [7, 11) is 0. The Kier molecular flexibility index (Phi) is 4.20. The standard InChI is InChI=1S/C10H8F4S/c11-7-5-8(12)10(14)6(9(7)13)3-1-2-4-15/h1,3,5,15H,2,4H2. The molecule has 0 saturated carbocycles. The average Bonchev–Trinajstić information content (AvgIpc) is 2.20. The Morgan fingerprint density at radius 2 is 1.60 bits per heavy atom. The number of thiol groups is 1. The summed E-state index contributed by atoms with van der Waals surface area (Å²) >= 11 is 3.87. The Balaban J connectivity index is 3.15. The van der Waals surface area contributed by atoms with Crippen molar-refractivity contribution < 1.29 is 17.6 Å². The maximum absolute atomic E-state index is 13.0. The molecule has 15 heavy (non-hydrogen) atoms. The molecule has 0 heterocycles. The first kappa shape index (κ1) is 12.1. The van der Waals surface area contributed by atoms with Gasteiger partial charge >= 0.3 is 0 Å². The van der Waals surface area contributed by atoms with Crippen LogP contribution in [0.3, 0.4) is 0 Å². The molecule has 0 amide bonds. The zero-order chi connectivity index (χ0) is 11.4. The minimum Gasteiger partial charge on any atom is -0.204 e. The largest absolute Gasteiger partial charge is 0.204 e. The van der Waals surface area contributed by atoms with Crippen LogP contribution in [0.5, 0.6) is 0 Å². The lowest BCUT2D eigenvalue weighted by Crippen LogP contribution is -1.97. The molecule has 1 aromatic carbocycles. The molecule has 82 valence electrons. The highest BCUT2D eigenvalue weighted by Gasteiger charge is 2.16. The molecule has 0 radical (unpaired) electrons. The highest BCUT2D eigenvalue weighted by molar-refractivity contribution is 7.80. The number of allylic oxidation sites excluding steroid dienone is 1. The van der Waals surface area contributed by atoms with Gasteiger partial charge in [0.2, 0.25) is 0 Å². The van der Waals surface area contributed by atoms with E-state index in [9.17, 15) is 17.6 Å². The highest BCUT2D eigenvalue weighted by Crippen LogP contribution is 2.20. The van der Waals surface area contributed by atoms with Crippen LogP contribution >= 0.6 is 12.6 Å². The molecule has 0 aliphatic rings. The second-order valence-electron chi connectivity index (χ2n) is 2.80. The van der Waals surface area contributed by atoms with Gasteiger partial charge < -0.3 is 0 Å². The number of benzene rings is 1. The van der Waals surface area contributed by atoms with E-state index in [4.69, 9.17) is 0 Å². The zero-order valence-electron chi connectivity index (χ0n) is 7.61. The van der Waals surface area contributed by atoms with Crippen LogP contribution in [0.2, 0.25) is 0 Å². The number of hydrogen-bond donors (Lipinski definition) is 1. The van der Waals surface area contributed by atoms with Gasteiger partial charge in [-0.25, -0.2) is 17.6 Å². The molecular weight excluding hydrogens is 228 g/mol. The molecule has 0 aromatic heterocycles. The van der Waals surface area contributed by atoms with E-state index in [-0.39, 0.29) is 6.07 Å². The highest BCUT2D eigenvalue weighted by atomic mass is 32.1. The van der Waals surface area contributed by atoms with Crippen molar-refractivity contribution in [1.29, 1.82) is 0 Å². The van der Waals surface area contributed by atoms with Gasteiger partial charge in [-0.1, -0.05) is 12.2 Å². The number of halogens is 4. The molecule has 0 saturated heterocycles. The maximum Gasteiger partial charge on any atom is 0.169 e. The van der Waals surface area contributed by atoms with E-state index in [1.807, 2.05) is 0 Å². The van der Waals surface area contributed by atoms with Crippen LogP contribution in [0.15, 0.2) is 12.1 Å². The van der Waals surface area contributed by atoms with Crippen LogP contribution < -0.4 is 0 Å². The molecule has 0 fully saturated rings. The Morgan fingerprint density at radius 3 is 2.07 bits per heavy atom. The summed E-state index contributed by atoms with van der Waals surface area (Å²) in [5.41, 5.74) is -0.700. The van der Waals surface area contributed by atoms with E-state index in [1.165, 1.54) is 6.08 Å². The molecule has 0 aliphatic heterocycles. The van der Waals surface area contributed by atoms with Gasteiger partial charge in [0.15, 0.2) is 23.3 Å². The van der Waals surface area contributed by atoms with Crippen LogP contribution in [-0.2, 0) is 0 Å². The lowest BCUT2D eigenvalue weighted by atomic mass is 10.1. The summed E-state index contributed by atoms with van der Waals surface area (Å²) in [5, 5.41) is 0. The molecule has 0 N–H and O–H groups in total. The van der Waals surface area contributed by atoms with Crippen LogP contribution in [0, 0.1) is 23.3 Å². The minimum atomic E-state index is -1.40. The van der Waals surface area contributed by atoms with Gasteiger partial charge in [0, 0.05) is 6.07 Å². The molecule has 0 bridgehead atoms. The van der Waals surface area contributed by atoms with Gasteiger partial charge in [0.05, 0.1) is 5.56 Å². The van der Waals surface area contributed by atoms with Crippen molar-refractivity contribution in [1.82, 2.24) is 0 Å². The normalized spacial score (nSPS) is 11.3. The monoisotopic (exact) mass is 236 g/mol. The fourth-order valence-corrected chi connectivity index (χ4v) is 1.16. The molecule has 1 rings (SSSR count). The van der Waals surface area contributed by atoms with Crippen molar-refractivity contribution in [2.24, 2.45) is 0 Å².